The summed E-state index contributed by atoms with van der Waals surface area (Å²) in [6.07, 6.45) is 3.13. The summed E-state index contributed by atoms with van der Waals surface area (Å²) in [4.78, 5) is 0. The Morgan fingerprint density at radius 1 is 0.722 bits per heavy atom. The van der Waals surface area contributed by atoms with Gasteiger partial charge in [-0.05, 0) is 51.9 Å². The molecule has 0 bridgehead atoms. The highest BCUT2D eigenvalue weighted by atomic mass is 32.2. The summed E-state index contributed by atoms with van der Waals surface area (Å²) in [7, 11) is -3.18. The maximum atomic E-state index is 13.1. The molecule has 0 aliphatic heterocycles. The van der Waals surface area contributed by atoms with E-state index in [4.69, 9.17) is 0 Å². The van der Waals surface area contributed by atoms with Gasteiger partial charge in [0.05, 0.1) is 9.49 Å². The minimum Gasteiger partial charge on any atom is -0.228 e. The van der Waals surface area contributed by atoms with Gasteiger partial charge in [-0.15, -0.1) is 0 Å². The lowest BCUT2D eigenvalue weighted by Gasteiger charge is -2.47. The normalized spacial score (nSPS) is 14.9. The Labute approximate surface area is 114 Å². The van der Waals surface area contributed by atoms with Crippen LogP contribution < -0.4 is 0 Å². The summed E-state index contributed by atoms with van der Waals surface area (Å²) in [5.74, 6) is 0. The summed E-state index contributed by atoms with van der Waals surface area (Å²) in [6, 6.07) is 0. The van der Waals surface area contributed by atoms with Crippen LogP contribution in [0.1, 0.15) is 81.1 Å². The van der Waals surface area contributed by atoms with Crippen LogP contribution in [0.3, 0.4) is 0 Å². The Morgan fingerprint density at radius 2 is 1.06 bits per heavy atom. The first-order valence-corrected chi connectivity index (χ1v) is 8.72. The molecule has 0 N–H and O–H groups in total. The van der Waals surface area contributed by atoms with Gasteiger partial charge in [0.15, 0.2) is 9.84 Å². The predicted octanol–water partition coefficient (Wildman–Crippen LogP) is 4.58. The SMILES string of the molecule is CCC(C)(CC)C(C)(C)S(=O)(=O)C(C)(CC)CC. The highest BCUT2D eigenvalue weighted by Crippen LogP contribution is 2.48. The van der Waals surface area contributed by atoms with Crippen LogP contribution in [0.15, 0.2) is 0 Å². The highest BCUT2D eigenvalue weighted by molar-refractivity contribution is 7.94. The zero-order valence-electron chi connectivity index (χ0n) is 13.6. The fourth-order valence-corrected chi connectivity index (χ4v) is 5.60. The molecule has 0 unspecified atom stereocenters. The number of hydrogen-bond donors (Lipinski definition) is 0. The number of sulfone groups is 1. The van der Waals surface area contributed by atoms with Crippen molar-refractivity contribution in [1.29, 1.82) is 0 Å². The van der Waals surface area contributed by atoms with Gasteiger partial charge in [-0.25, -0.2) is 8.42 Å². The Morgan fingerprint density at radius 3 is 1.28 bits per heavy atom. The molecular formula is C15H32O2S. The van der Waals surface area contributed by atoms with Gasteiger partial charge in [0, 0.05) is 0 Å². The second-order valence-corrected chi connectivity index (χ2v) is 9.45. The van der Waals surface area contributed by atoms with Crippen LogP contribution in [-0.4, -0.2) is 17.9 Å². The van der Waals surface area contributed by atoms with Crippen LogP contribution in [0.4, 0.5) is 0 Å². The largest absolute Gasteiger partial charge is 0.228 e. The molecule has 0 aliphatic carbocycles. The first-order chi connectivity index (χ1) is 7.99. The van der Waals surface area contributed by atoms with Crippen LogP contribution in [0.2, 0.25) is 0 Å². The van der Waals surface area contributed by atoms with Crippen molar-refractivity contribution >= 4 is 9.84 Å². The lowest BCUT2D eigenvalue weighted by atomic mass is 9.74. The van der Waals surface area contributed by atoms with E-state index in [2.05, 4.69) is 20.8 Å². The summed E-state index contributed by atoms with van der Waals surface area (Å²) in [5.41, 5.74) is -0.169. The maximum Gasteiger partial charge on any atom is 0.161 e. The third-order valence-corrected chi connectivity index (χ3v) is 9.54. The third kappa shape index (κ3) is 2.35. The molecule has 0 saturated heterocycles. The van der Waals surface area contributed by atoms with Crippen molar-refractivity contribution in [1.82, 2.24) is 0 Å². The topological polar surface area (TPSA) is 34.1 Å². The smallest absolute Gasteiger partial charge is 0.161 e. The van der Waals surface area contributed by atoms with E-state index in [0.29, 0.717) is 12.8 Å². The van der Waals surface area contributed by atoms with E-state index in [1.54, 1.807) is 0 Å². The quantitative estimate of drug-likeness (QED) is 0.682. The van der Waals surface area contributed by atoms with E-state index >= 15 is 0 Å². The molecule has 0 aliphatic rings. The van der Waals surface area contributed by atoms with Crippen molar-refractivity contribution in [3.05, 3.63) is 0 Å². The third-order valence-electron chi connectivity index (χ3n) is 5.83. The maximum absolute atomic E-state index is 13.1. The van der Waals surface area contributed by atoms with E-state index in [1.807, 2.05) is 34.6 Å². The molecule has 0 saturated carbocycles. The van der Waals surface area contributed by atoms with Gasteiger partial charge >= 0.3 is 0 Å². The van der Waals surface area contributed by atoms with Crippen molar-refractivity contribution in [3.63, 3.8) is 0 Å². The molecule has 0 fully saturated rings. The molecule has 0 aromatic rings. The molecule has 0 aromatic carbocycles. The van der Waals surface area contributed by atoms with Crippen molar-refractivity contribution in [2.24, 2.45) is 5.41 Å². The average molecular weight is 276 g/mol. The zero-order chi connectivity index (χ0) is 14.8. The standard InChI is InChI=1S/C15H32O2S/c1-9-14(7,10-2)13(5,6)18(16,17)15(8,11-3)12-4/h9-12H2,1-8H3. The van der Waals surface area contributed by atoms with Crippen molar-refractivity contribution in [3.8, 4) is 0 Å². The molecule has 18 heavy (non-hydrogen) atoms. The van der Waals surface area contributed by atoms with Gasteiger partial charge in [0.1, 0.15) is 0 Å². The van der Waals surface area contributed by atoms with Gasteiger partial charge < -0.3 is 0 Å². The van der Waals surface area contributed by atoms with Crippen LogP contribution in [-0.2, 0) is 9.84 Å². The van der Waals surface area contributed by atoms with E-state index in [0.717, 1.165) is 12.8 Å². The van der Waals surface area contributed by atoms with Crippen LogP contribution in [0, 0.1) is 5.41 Å². The van der Waals surface area contributed by atoms with Crippen LogP contribution in [0.25, 0.3) is 0 Å². The summed E-state index contributed by atoms with van der Waals surface area (Å²) < 4.78 is 24.9. The number of hydrogen-bond acceptors (Lipinski definition) is 2. The van der Waals surface area contributed by atoms with Gasteiger partial charge in [-0.3, -0.25) is 0 Å². The van der Waals surface area contributed by atoms with E-state index in [-0.39, 0.29) is 5.41 Å². The lowest BCUT2D eigenvalue weighted by Crippen LogP contribution is -2.55. The molecule has 0 atom stereocenters. The zero-order valence-corrected chi connectivity index (χ0v) is 14.4. The van der Waals surface area contributed by atoms with Crippen molar-refractivity contribution in [2.45, 2.75) is 90.6 Å². The van der Waals surface area contributed by atoms with Crippen molar-refractivity contribution < 1.29 is 8.42 Å². The summed E-state index contributed by atoms with van der Waals surface area (Å²) in [5, 5.41) is 0. The molecule has 0 aromatic heterocycles. The van der Waals surface area contributed by atoms with Crippen LogP contribution >= 0.6 is 0 Å². The second-order valence-electron chi connectivity index (χ2n) is 6.44. The summed E-state index contributed by atoms with van der Waals surface area (Å²) >= 11 is 0. The minimum absolute atomic E-state index is 0.169. The molecular weight excluding hydrogens is 244 g/mol. The first-order valence-electron chi connectivity index (χ1n) is 7.23. The molecule has 0 heterocycles. The monoisotopic (exact) mass is 276 g/mol. The van der Waals surface area contributed by atoms with Gasteiger partial charge in [-0.2, -0.15) is 0 Å². The highest BCUT2D eigenvalue weighted by Gasteiger charge is 2.54. The Bertz CT molecular complexity index is 358. The number of rotatable bonds is 7. The lowest BCUT2D eigenvalue weighted by molar-refractivity contribution is 0.214. The fourth-order valence-electron chi connectivity index (χ4n) is 2.67. The predicted molar refractivity (Wildman–Crippen MR) is 80.7 cm³/mol. The molecule has 0 spiro atoms. The Hall–Kier alpha value is -0.0500. The van der Waals surface area contributed by atoms with Gasteiger partial charge in [-0.1, -0.05) is 34.6 Å². The molecule has 110 valence electrons. The molecule has 2 nitrogen and oxygen atoms in total. The minimum atomic E-state index is -3.18. The molecule has 0 amide bonds. The Balaban J connectivity index is 5.89. The van der Waals surface area contributed by atoms with E-state index < -0.39 is 19.3 Å². The second kappa shape index (κ2) is 5.52. The summed E-state index contributed by atoms with van der Waals surface area (Å²) in [6.45, 7) is 16.0. The van der Waals surface area contributed by atoms with E-state index in [9.17, 15) is 8.42 Å². The van der Waals surface area contributed by atoms with Crippen molar-refractivity contribution in [2.75, 3.05) is 0 Å². The van der Waals surface area contributed by atoms with Crippen LogP contribution in [0.5, 0.6) is 0 Å². The van der Waals surface area contributed by atoms with Gasteiger partial charge in [0.25, 0.3) is 0 Å². The molecule has 0 rings (SSSR count). The molecule has 0 radical (unpaired) electrons. The first kappa shape index (κ1) is 17.9. The average Bonchev–Trinajstić information content (AvgIpc) is 2.35. The van der Waals surface area contributed by atoms with Gasteiger partial charge in [0.2, 0.25) is 0 Å². The van der Waals surface area contributed by atoms with E-state index in [1.165, 1.54) is 0 Å². The molecule has 3 heteroatoms. The fraction of sp³-hybridized carbons (Fsp3) is 1.00. The Kier molecular flexibility index (Phi) is 5.50.